The highest BCUT2D eigenvalue weighted by atomic mass is 16.7. The Balaban J connectivity index is 0.996. The average Bonchev–Trinajstić information content (AvgIpc) is 3.34. The molecule has 0 spiro atoms. The van der Waals surface area contributed by atoms with Crippen LogP contribution in [0.2, 0.25) is 0 Å². The van der Waals surface area contributed by atoms with E-state index in [-0.39, 0.29) is 30.6 Å². The number of nitrogens with zero attached hydrogens (tertiary/aromatic N) is 1. The van der Waals surface area contributed by atoms with Crippen molar-refractivity contribution in [3.05, 3.63) is 89.5 Å². The fraction of sp³-hybridized carbons (Fsp3) is 0.524. The molecule has 5 N–H and O–H groups in total. The highest BCUT2D eigenvalue weighted by Gasteiger charge is 2.50. The van der Waals surface area contributed by atoms with E-state index in [9.17, 15) is 14.7 Å². The van der Waals surface area contributed by atoms with Crippen molar-refractivity contribution in [1.82, 2.24) is 4.90 Å². The summed E-state index contributed by atoms with van der Waals surface area (Å²) in [4.78, 5) is 27.6. The Morgan fingerprint density at radius 2 is 1.51 bits per heavy atom. The number of anilines is 3. The van der Waals surface area contributed by atoms with Gasteiger partial charge in [0.1, 0.15) is 0 Å². The average molecular weight is 697 g/mol. The molecule has 3 aliphatic rings. The number of ether oxygens (including phenoxy) is 2. The predicted octanol–water partition coefficient (Wildman–Crippen LogP) is 8.12. The molecular formula is C42H56N4O5. The molecule has 0 aromatic heterocycles. The molecule has 2 heterocycles. The van der Waals surface area contributed by atoms with E-state index in [0.717, 1.165) is 67.6 Å². The van der Waals surface area contributed by atoms with Gasteiger partial charge in [-0.25, -0.2) is 0 Å². The number of likely N-dealkylation sites (tertiary alicyclic amines) is 1. The minimum atomic E-state index is -0.530. The number of nitrogens with two attached hydrogens (primary N) is 1. The lowest BCUT2D eigenvalue weighted by atomic mass is 9.65. The first-order valence-corrected chi connectivity index (χ1v) is 18.8. The van der Waals surface area contributed by atoms with Crippen LogP contribution in [-0.4, -0.2) is 47.1 Å². The van der Waals surface area contributed by atoms with E-state index in [1.807, 2.05) is 48.5 Å². The monoisotopic (exact) mass is 696 g/mol. The standard InChI is InChI=1S/C42H56N4O5/c1-41(2)23-33-24-42(3,27-41)28-46(33)25-34-22-37(30-16-14-29(26-47)15-17-30)51-40(50-34)31-18-20-32(21-19-31)44-38(48)12-6-4-5-7-13-39(49)45-36-11-9-8-10-35(36)43/h8-11,14-21,33-34,37,40,47H,4-7,12-13,22-28,43H2,1-3H3,(H,44,48)(H,45,49)/t33?,34-,37+,40+,42?/m1/s1. The van der Waals surface area contributed by atoms with Gasteiger partial charge in [0, 0.05) is 49.6 Å². The van der Waals surface area contributed by atoms with E-state index >= 15 is 0 Å². The number of unbranched alkanes of at least 4 members (excludes halogenated alkanes) is 3. The quantitative estimate of drug-likeness (QED) is 0.0991. The van der Waals surface area contributed by atoms with Gasteiger partial charge in [0.2, 0.25) is 11.8 Å². The van der Waals surface area contributed by atoms with Crippen LogP contribution in [0.3, 0.4) is 0 Å². The summed E-state index contributed by atoms with van der Waals surface area (Å²) in [7, 11) is 0. The fourth-order valence-electron chi connectivity index (χ4n) is 8.78. The van der Waals surface area contributed by atoms with Crippen molar-refractivity contribution in [2.24, 2.45) is 10.8 Å². The minimum absolute atomic E-state index is 0.00810. The van der Waals surface area contributed by atoms with Crippen molar-refractivity contribution in [3.63, 3.8) is 0 Å². The van der Waals surface area contributed by atoms with Crippen LogP contribution >= 0.6 is 0 Å². The highest BCUT2D eigenvalue weighted by Crippen LogP contribution is 2.53. The summed E-state index contributed by atoms with van der Waals surface area (Å²) in [6.45, 7) is 9.28. The number of fused-ring (bicyclic) bond motifs is 2. The third-order valence-corrected chi connectivity index (χ3v) is 10.8. The van der Waals surface area contributed by atoms with Gasteiger partial charge in [-0.2, -0.15) is 0 Å². The summed E-state index contributed by atoms with van der Waals surface area (Å²) < 4.78 is 13.3. The zero-order valence-electron chi connectivity index (χ0n) is 30.5. The molecule has 3 fully saturated rings. The van der Waals surface area contributed by atoms with Crippen LogP contribution in [0.25, 0.3) is 0 Å². The number of rotatable bonds is 14. The maximum Gasteiger partial charge on any atom is 0.224 e. The van der Waals surface area contributed by atoms with Crippen molar-refractivity contribution < 1.29 is 24.2 Å². The van der Waals surface area contributed by atoms with Gasteiger partial charge in [0.05, 0.1) is 30.2 Å². The third-order valence-electron chi connectivity index (χ3n) is 10.8. The summed E-state index contributed by atoms with van der Waals surface area (Å²) >= 11 is 0. The third kappa shape index (κ3) is 9.98. The van der Waals surface area contributed by atoms with E-state index in [0.29, 0.717) is 41.1 Å². The largest absolute Gasteiger partial charge is 0.397 e. The number of nitrogen functional groups attached to an aromatic ring is 1. The number of hydrogen-bond donors (Lipinski definition) is 4. The molecule has 2 bridgehead atoms. The number of aliphatic hydroxyl groups excluding tert-OH is 1. The number of carbonyl (C=O) groups excluding carboxylic acids is 2. The zero-order chi connectivity index (χ0) is 36.0. The SMILES string of the molecule is CC1(C)CC2CC(C)(CN2C[C@H]2C[C@@H](c3ccc(CO)cc3)O[C@@H](c3ccc(NC(=O)CCCCCCC(=O)Nc4ccccc4N)cc3)O2)C1. The first kappa shape index (κ1) is 37.0. The molecular weight excluding hydrogens is 640 g/mol. The Morgan fingerprint density at radius 3 is 2.20 bits per heavy atom. The van der Waals surface area contributed by atoms with Gasteiger partial charge >= 0.3 is 0 Å². The van der Waals surface area contributed by atoms with Crippen LogP contribution in [0.5, 0.6) is 0 Å². The maximum atomic E-state index is 12.7. The van der Waals surface area contributed by atoms with Gasteiger partial charge < -0.3 is 30.9 Å². The lowest BCUT2D eigenvalue weighted by Gasteiger charge is -2.41. The van der Waals surface area contributed by atoms with Gasteiger partial charge in [0.25, 0.3) is 0 Å². The molecule has 5 atom stereocenters. The Hall–Kier alpha value is -3.76. The number of carbonyl (C=O) groups is 2. The normalized spacial score (nSPS) is 25.7. The van der Waals surface area contributed by atoms with Gasteiger partial charge in [0.15, 0.2) is 6.29 Å². The topological polar surface area (TPSA) is 126 Å². The second kappa shape index (κ2) is 16.3. The highest BCUT2D eigenvalue weighted by molar-refractivity contribution is 5.93. The Kier molecular flexibility index (Phi) is 11.8. The van der Waals surface area contributed by atoms with Crippen LogP contribution in [0.15, 0.2) is 72.8 Å². The van der Waals surface area contributed by atoms with Crippen molar-refractivity contribution in [3.8, 4) is 0 Å². The number of benzene rings is 3. The molecule has 9 nitrogen and oxygen atoms in total. The predicted molar refractivity (Wildman–Crippen MR) is 202 cm³/mol. The molecule has 9 heteroatoms. The molecule has 6 rings (SSSR count). The molecule has 0 radical (unpaired) electrons. The number of nitrogens with one attached hydrogen (secondary N) is 2. The first-order chi connectivity index (χ1) is 24.5. The van der Waals surface area contributed by atoms with Crippen LogP contribution in [0.1, 0.15) is 114 Å². The summed E-state index contributed by atoms with van der Waals surface area (Å²) in [5.41, 5.74) is 11.4. The molecule has 274 valence electrons. The van der Waals surface area contributed by atoms with E-state index in [1.54, 1.807) is 12.1 Å². The first-order valence-electron chi connectivity index (χ1n) is 18.8. The molecule has 2 unspecified atom stereocenters. The van der Waals surface area contributed by atoms with Crippen molar-refractivity contribution in [2.75, 3.05) is 29.5 Å². The van der Waals surface area contributed by atoms with Crippen molar-refractivity contribution in [2.45, 2.75) is 116 Å². The number of para-hydroxylation sites is 2. The van der Waals surface area contributed by atoms with Crippen LogP contribution in [0.4, 0.5) is 17.1 Å². The smallest absolute Gasteiger partial charge is 0.224 e. The van der Waals surface area contributed by atoms with E-state index in [4.69, 9.17) is 15.2 Å². The van der Waals surface area contributed by atoms with E-state index in [2.05, 4.69) is 48.4 Å². The van der Waals surface area contributed by atoms with Gasteiger partial charge in [-0.3, -0.25) is 14.5 Å². The summed E-state index contributed by atoms with van der Waals surface area (Å²) in [6, 6.07) is 23.7. The summed E-state index contributed by atoms with van der Waals surface area (Å²) in [5.74, 6) is -0.0717. The summed E-state index contributed by atoms with van der Waals surface area (Å²) in [5, 5.41) is 15.5. The van der Waals surface area contributed by atoms with E-state index in [1.165, 1.54) is 19.3 Å². The summed E-state index contributed by atoms with van der Waals surface area (Å²) in [6.07, 6.45) is 7.99. The molecule has 1 saturated carbocycles. The molecule has 2 aliphatic heterocycles. The Bertz CT molecular complexity index is 1630. The van der Waals surface area contributed by atoms with Gasteiger partial charge in [-0.05, 0) is 78.3 Å². The Labute approximate surface area is 303 Å². The maximum absolute atomic E-state index is 12.7. The lowest BCUT2D eigenvalue weighted by Crippen LogP contribution is -2.42. The number of hydrogen-bond acceptors (Lipinski definition) is 7. The molecule has 1 aliphatic carbocycles. The molecule has 2 saturated heterocycles. The number of amides is 2. The Morgan fingerprint density at radius 1 is 0.843 bits per heavy atom. The second-order valence-corrected chi connectivity index (χ2v) is 16.2. The lowest BCUT2D eigenvalue weighted by molar-refractivity contribution is -0.253. The van der Waals surface area contributed by atoms with Crippen LogP contribution in [-0.2, 0) is 25.7 Å². The second-order valence-electron chi connectivity index (χ2n) is 16.2. The van der Waals surface area contributed by atoms with Gasteiger partial charge in [-0.15, -0.1) is 0 Å². The number of aliphatic hydroxyl groups is 1. The van der Waals surface area contributed by atoms with Gasteiger partial charge in [-0.1, -0.05) is 82.1 Å². The van der Waals surface area contributed by atoms with Crippen LogP contribution < -0.4 is 16.4 Å². The van der Waals surface area contributed by atoms with Crippen molar-refractivity contribution >= 4 is 28.9 Å². The van der Waals surface area contributed by atoms with Crippen molar-refractivity contribution in [1.29, 1.82) is 0 Å². The minimum Gasteiger partial charge on any atom is -0.397 e. The molecule has 2 amide bonds. The molecule has 51 heavy (non-hydrogen) atoms. The molecule has 3 aromatic rings. The zero-order valence-corrected chi connectivity index (χ0v) is 30.5. The van der Waals surface area contributed by atoms with Crippen LogP contribution in [0, 0.1) is 10.8 Å². The fourth-order valence-corrected chi connectivity index (χ4v) is 8.78. The molecule has 3 aromatic carbocycles. The van der Waals surface area contributed by atoms with E-state index < -0.39 is 6.29 Å².